The maximum absolute atomic E-state index is 13.2. The quantitative estimate of drug-likeness (QED) is 0.145. The Hall–Kier alpha value is -4.00. The van der Waals surface area contributed by atoms with Gasteiger partial charge in [-0.15, -0.1) is 0 Å². The largest absolute Gasteiger partial charge is 0.405 e. The average Bonchev–Trinajstić information content (AvgIpc) is 3.41. The Bertz CT molecular complexity index is 1850. The van der Waals surface area contributed by atoms with Crippen molar-refractivity contribution in [3.8, 4) is 0 Å². The smallest absolute Gasteiger partial charge is 0.261 e. The number of benzene rings is 3. The number of hydrogen-bond acceptors (Lipinski definition) is 8. The van der Waals surface area contributed by atoms with Gasteiger partial charge in [0.25, 0.3) is 30.6 Å². The molecule has 0 amide bonds. The van der Waals surface area contributed by atoms with E-state index >= 15 is 0 Å². The number of rotatable bonds is 14. The van der Waals surface area contributed by atoms with E-state index in [0.717, 1.165) is 19.5 Å². The highest BCUT2D eigenvalue weighted by Crippen LogP contribution is 2.36. The third-order valence-electron chi connectivity index (χ3n) is 8.18. The highest BCUT2D eigenvalue weighted by atomic mass is 28.4. The summed E-state index contributed by atoms with van der Waals surface area (Å²) >= 11 is 0. The minimum Gasteiger partial charge on any atom is -0.405 e. The molecule has 3 aromatic carbocycles. The lowest BCUT2D eigenvalue weighted by atomic mass is 10.1. The fourth-order valence-corrected chi connectivity index (χ4v) is 10.6. The summed E-state index contributed by atoms with van der Waals surface area (Å²) in [6.07, 6.45) is 0. The van der Waals surface area contributed by atoms with Crippen LogP contribution >= 0.6 is 0 Å². The molecule has 10 nitrogen and oxygen atoms in total. The summed E-state index contributed by atoms with van der Waals surface area (Å²) in [4.78, 5) is 52.1. The fourth-order valence-electron chi connectivity index (χ4n) is 6.08. The Morgan fingerprint density at radius 1 is 0.600 bits per heavy atom. The van der Waals surface area contributed by atoms with E-state index in [9.17, 15) is 19.2 Å². The second-order valence-electron chi connectivity index (χ2n) is 11.9. The number of fused-ring (bicyclic) bond motifs is 2. The van der Waals surface area contributed by atoms with Crippen LogP contribution in [-0.2, 0) is 27.0 Å². The Balaban J connectivity index is 1.29. The van der Waals surface area contributed by atoms with Gasteiger partial charge in [0, 0.05) is 0 Å². The zero-order chi connectivity index (χ0) is 32.2. The minimum absolute atomic E-state index is 0.00213. The molecule has 2 heterocycles. The van der Waals surface area contributed by atoms with E-state index in [0.29, 0.717) is 6.61 Å². The van der Waals surface area contributed by atoms with Crippen LogP contribution in [0.5, 0.6) is 0 Å². The van der Waals surface area contributed by atoms with Gasteiger partial charge in [-0.2, -0.15) is 0 Å². The van der Waals surface area contributed by atoms with Crippen molar-refractivity contribution in [3.05, 3.63) is 114 Å². The molecule has 5 aromatic rings. The Morgan fingerprint density at radius 3 is 1.38 bits per heavy atom. The lowest BCUT2D eigenvalue weighted by Gasteiger charge is -2.43. The van der Waals surface area contributed by atoms with Crippen LogP contribution in [0.3, 0.4) is 0 Å². The number of ether oxygens (including phenoxy) is 2. The number of aromatic nitrogens is 2. The van der Waals surface area contributed by atoms with E-state index in [1.807, 2.05) is 36.4 Å². The zero-order valence-corrected chi connectivity index (χ0v) is 26.8. The summed E-state index contributed by atoms with van der Waals surface area (Å²) in [5.74, 6) is 0. The van der Waals surface area contributed by atoms with Gasteiger partial charge < -0.3 is 19.0 Å². The molecule has 11 heteroatoms. The van der Waals surface area contributed by atoms with Crippen LogP contribution in [0.15, 0.2) is 92.0 Å². The van der Waals surface area contributed by atoms with Crippen LogP contribution < -0.4 is 32.6 Å². The van der Waals surface area contributed by atoms with Crippen molar-refractivity contribution in [2.45, 2.75) is 38.9 Å². The van der Waals surface area contributed by atoms with Crippen LogP contribution in [0.2, 0.25) is 5.04 Å². The molecule has 0 atom stereocenters. The summed E-state index contributed by atoms with van der Waals surface area (Å²) in [5.41, 5.74) is -2.16. The standard InChI is InChI=1S/C34H38N2O8Si/c1-34(2,3)45(24-10-6-4-7-11-24,25-12-8-5-9-13-25)44-21-20-43-18-15-36-32(40)28-22-26-27(23-29(28)33(36)41)31(39)35(30(26)38)14-17-42-19-16-37/h4-13,22-23,37H,14-21H2,1-3H3. The highest BCUT2D eigenvalue weighted by molar-refractivity contribution is 6.99. The second-order valence-corrected chi connectivity index (χ2v) is 16.2. The summed E-state index contributed by atoms with van der Waals surface area (Å²) in [6, 6.07) is 23.2. The molecule has 0 saturated heterocycles. The van der Waals surface area contributed by atoms with Crippen molar-refractivity contribution in [1.29, 1.82) is 0 Å². The van der Waals surface area contributed by atoms with Crippen molar-refractivity contribution >= 4 is 40.2 Å². The van der Waals surface area contributed by atoms with E-state index in [1.54, 1.807) is 0 Å². The Morgan fingerprint density at radius 2 is 1.00 bits per heavy atom. The van der Waals surface area contributed by atoms with Crippen molar-refractivity contribution < 1.29 is 19.0 Å². The van der Waals surface area contributed by atoms with Gasteiger partial charge >= 0.3 is 0 Å². The molecule has 1 N–H and O–H groups in total. The maximum atomic E-state index is 13.2. The van der Waals surface area contributed by atoms with Crippen LogP contribution in [0.25, 0.3) is 21.5 Å². The average molecular weight is 631 g/mol. The predicted molar refractivity (Wildman–Crippen MR) is 177 cm³/mol. The number of nitrogens with zero attached hydrogens (tertiary/aromatic N) is 2. The molecule has 0 unspecified atom stereocenters. The molecule has 0 aliphatic carbocycles. The molecule has 0 fully saturated rings. The molecule has 0 radical (unpaired) electrons. The fraction of sp³-hybridized carbons (Fsp3) is 0.353. The summed E-state index contributed by atoms with van der Waals surface area (Å²) < 4.78 is 20.0. The summed E-state index contributed by atoms with van der Waals surface area (Å²) in [7, 11) is -2.71. The number of aliphatic hydroxyl groups is 1. The minimum atomic E-state index is -2.71. The van der Waals surface area contributed by atoms with Crippen molar-refractivity contribution in [2.24, 2.45) is 0 Å². The van der Waals surface area contributed by atoms with Gasteiger partial charge in [-0.1, -0.05) is 81.4 Å². The topological polar surface area (TPSA) is 126 Å². The molecule has 5 rings (SSSR count). The Labute approximate surface area is 260 Å². The summed E-state index contributed by atoms with van der Waals surface area (Å²) in [6.45, 7) is 7.31. The first-order chi connectivity index (χ1) is 21.6. The van der Waals surface area contributed by atoms with Gasteiger partial charge in [-0.3, -0.25) is 28.3 Å². The first kappa shape index (κ1) is 32.4. The van der Waals surface area contributed by atoms with Gasteiger partial charge in [0.15, 0.2) is 0 Å². The summed E-state index contributed by atoms with van der Waals surface area (Å²) in [5, 5.41) is 11.3. The molecule has 45 heavy (non-hydrogen) atoms. The zero-order valence-electron chi connectivity index (χ0n) is 25.8. The van der Waals surface area contributed by atoms with Gasteiger partial charge in [0.05, 0.1) is 74.3 Å². The van der Waals surface area contributed by atoms with Crippen LogP contribution in [-0.4, -0.2) is 62.2 Å². The molecular weight excluding hydrogens is 592 g/mol. The lowest BCUT2D eigenvalue weighted by molar-refractivity contribution is 0.0864. The van der Waals surface area contributed by atoms with Crippen LogP contribution in [0.4, 0.5) is 0 Å². The van der Waals surface area contributed by atoms with Gasteiger partial charge in [0.2, 0.25) is 0 Å². The van der Waals surface area contributed by atoms with E-state index < -0.39 is 30.6 Å². The maximum Gasteiger partial charge on any atom is 0.261 e. The van der Waals surface area contributed by atoms with Gasteiger partial charge in [-0.05, 0) is 27.5 Å². The van der Waals surface area contributed by atoms with Crippen molar-refractivity contribution in [1.82, 2.24) is 9.13 Å². The first-order valence-electron chi connectivity index (χ1n) is 15.0. The molecule has 0 bridgehead atoms. The number of aliphatic hydroxyl groups excluding tert-OH is 1. The molecule has 0 aliphatic heterocycles. The molecule has 0 spiro atoms. The predicted octanol–water partition coefficient (Wildman–Crippen LogP) is 1.51. The lowest BCUT2D eigenvalue weighted by Crippen LogP contribution is -2.66. The van der Waals surface area contributed by atoms with E-state index in [1.165, 1.54) is 12.1 Å². The monoisotopic (exact) mass is 630 g/mol. The normalized spacial score (nSPS) is 12.4. The Kier molecular flexibility index (Phi) is 9.75. The highest BCUT2D eigenvalue weighted by Gasteiger charge is 2.50. The van der Waals surface area contributed by atoms with E-state index in [4.69, 9.17) is 19.0 Å². The third-order valence-corrected chi connectivity index (χ3v) is 13.2. The third kappa shape index (κ3) is 6.14. The molecule has 2 aromatic heterocycles. The molecule has 0 saturated carbocycles. The molecular formula is C34H38N2O8Si. The molecule has 236 valence electrons. The van der Waals surface area contributed by atoms with Crippen LogP contribution in [0.1, 0.15) is 20.8 Å². The van der Waals surface area contributed by atoms with Crippen LogP contribution in [0, 0.1) is 0 Å². The number of hydrogen-bond donors (Lipinski definition) is 1. The van der Waals surface area contributed by atoms with E-state index in [-0.39, 0.29) is 72.7 Å². The second kappa shape index (κ2) is 13.6. The SMILES string of the molecule is CC(C)(C)[Si](OCCOCCn1c(=O)c2cc3c(=O)n(CCOCCO)c(=O)c3cc2c1=O)(c1ccccc1)c1ccccc1. The first-order valence-corrected chi connectivity index (χ1v) is 16.9. The molecule has 0 aliphatic rings. The van der Waals surface area contributed by atoms with Gasteiger partial charge in [-0.25, -0.2) is 0 Å². The van der Waals surface area contributed by atoms with Crippen molar-refractivity contribution in [2.75, 3.05) is 39.6 Å². The van der Waals surface area contributed by atoms with E-state index in [2.05, 4.69) is 45.0 Å². The van der Waals surface area contributed by atoms with Crippen molar-refractivity contribution in [3.63, 3.8) is 0 Å². The van der Waals surface area contributed by atoms with Gasteiger partial charge in [0.1, 0.15) is 0 Å².